The van der Waals surface area contributed by atoms with E-state index in [9.17, 15) is 23.1 Å². The molecule has 0 amide bonds. The van der Waals surface area contributed by atoms with Gasteiger partial charge in [0.05, 0.1) is 10.7 Å². The van der Waals surface area contributed by atoms with E-state index < -0.39 is 27.1 Å². The summed E-state index contributed by atoms with van der Waals surface area (Å²) in [4.78, 5) is 28.0. The van der Waals surface area contributed by atoms with E-state index in [1.54, 1.807) is 13.1 Å². The van der Waals surface area contributed by atoms with Crippen molar-refractivity contribution >= 4 is 39.0 Å². The number of H-pyrrole nitrogens is 1. The fraction of sp³-hybridized carbons (Fsp3) is 0.333. The van der Waals surface area contributed by atoms with E-state index in [1.807, 2.05) is 35.2 Å². The zero-order chi connectivity index (χ0) is 26.3. The highest BCUT2D eigenvalue weighted by molar-refractivity contribution is 7.89. The Hall–Kier alpha value is -3.14. The van der Waals surface area contributed by atoms with Gasteiger partial charge in [0.2, 0.25) is 10.0 Å². The molecule has 2 aliphatic rings. The number of carboxylic acid groups (broad SMARTS) is 1. The molecule has 0 spiro atoms. The number of fused-ring (bicyclic) bond motifs is 1. The van der Waals surface area contributed by atoms with E-state index in [1.165, 1.54) is 29.1 Å². The number of para-hydroxylation sites is 1. The van der Waals surface area contributed by atoms with E-state index in [4.69, 9.17) is 11.6 Å². The molecule has 2 heterocycles. The Kier molecular flexibility index (Phi) is 6.87. The number of nitrogens with one attached hydrogen (secondary N) is 1. The topological polar surface area (TPSA) is 111 Å². The molecule has 0 radical (unpaired) electrons. The third kappa shape index (κ3) is 4.67. The summed E-state index contributed by atoms with van der Waals surface area (Å²) in [7, 11) is -2.29. The highest BCUT2D eigenvalue weighted by Gasteiger charge is 2.41. The van der Waals surface area contributed by atoms with Crippen LogP contribution >= 0.6 is 11.6 Å². The van der Waals surface area contributed by atoms with Crippen LogP contribution in [-0.4, -0.2) is 48.4 Å². The first kappa shape index (κ1) is 25.5. The lowest BCUT2D eigenvalue weighted by Crippen LogP contribution is -2.46. The monoisotopic (exact) mass is 541 g/mol. The Morgan fingerprint density at radius 1 is 1.08 bits per heavy atom. The maximum atomic E-state index is 14.1. The Morgan fingerprint density at radius 3 is 2.46 bits per heavy atom. The van der Waals surface area contributed by atoms with Crippen molar-refractivity contribution in [3.8, 4) is 11.1 Å². The van der Waals surface area contributed by atoms with Crippen LogP contribution < -0.4 is 10.5 Å². The van der Waals surface area contributed by atoms with E-state index in [-0.39, 0.29) is 21.9 Å². The highest BCUT2D eigenvalue weighted by Crippen LogP contribution is 2.44. The van der Waals surface area contributed by atoms with Gasteiger partial charge < -0.3 is 15.0 Å². The first-order valence-electron chi connectivity index (χ1n) is 12.3. The quantitative estimate of drug-likeness (QED) is 0.474. The SMILES string of the molecule is CN1[C@H](C2CCCCC2)CN(c2ccccc2)c2cc(Cl)c(-c3c[nH]c(=O)c(C(=O)O)c3)cc2S1(=O)=O. The van der Waals surface area contributed by atoms with Gasteiger partial charge in [-0.25, -0.2) is 13.2 Å². The van der Waals surface area contributed by atoms with Gasteiger partial charge in [-0.05, 0) is 49.1 Å². The number of likely N-dealkylation sites (N-methyl/N-ethyl adjacent to an activating group) is 1. The molecule has 1 fully saturated rings. The number of carbonyl (C=O) groups is 1. The lowest BCUT2D eigenvalue weighted by molar-refractivity contribution is 0.0695. The second kappa shape index (κ2) is 9.96. The fourth-order valence-electron chi connectivity index (χ4n) is 5.53. The number of anilines is 2. The minimum atomic E-state index is -3.93. The summed E-state index contributed by atoms with van der Waals surface area (Å²) >= 11 is 6.71. The summed E-state index contributed by atoms with van der Waals surface area (Å²) in [6.07, 6.45) is 6.63. The lowest BCUT2D eigenvalue weighted by Gasteiger charge is -2.36. The van der Waals surface area contributed by atoms with Crippen molar-refractivity contribution in [2.45, 2.75) is 43.0 Å². The summed E-state index contributed by atoms with van der Waals surface area (Å²) in [5.41, 5.74) is 0.748. The largest absolute Gasteiger partial charge is 0.477 e. The standard InChI is InChI=1S/C27H28ClN3O5S/c1-30-24(17-8-4-2-5-9-17)16-31(19-10-6-3-7-11-19)23-14-22(28)20(13-25(23)37(30,35)36)18-12-21(27(33)34)26(32)29-15-18/h3,6-7,10-15,17,24H,2,4-5,8-9,16H2,1H3,(H,29,32)(H,33,34)/t24-/m0/s1. The summed E-state index contributed by atoms with van der Waals surface area (Å²) in [6, 6.07) is 13.7. The predicted molar refractivity (Wildman–Crippen MR) is 143 cm³/mol. The molecule has 5 rings (SSSR count). The van der Waals surface area contributed by atoms with Crippen LogP contribution in [0.15, 0.2) is 64.4 Å². The summed E-state index contributed by atoms with van der Waals surface area (Å²) in [6.45, 7) is 0.481. The third-order valence-electron chi connectivity index (χ3n) is 7.54. The lowest BCUT2D eigenvalue weighted by atomic mass is 9.83. The average Bonchev–Trinajstić information content (AvgIpc) is 2.97. The minimum Gasteiger partial charge on any atom is -0.477 e. The number of aromatic carboxylic acids is 1. The number of benzene rings is 2. The third-order valence-corrected chi connectivity index (χ3v) is 9.76. The van der Waals surface area contributed by atoms with E-state index >= 15 is 0 Å². The molecule has 1 aliphatic heterocycles. The van der Waals surface area contributed by atoms with Gasteiger partial charge in [0.1, 0.15) is 10.5 Å². The molecule has 1 saturated carbocycles. The van der Waals surface area contributed by atoms with E-state index in [2.05, 4.69) is 4.98 Å². The fourth-order valence-corrected chi connectivity index (χ4v) is 7.40. The summed E-state index contributed by atoms with van der Waals surface area (Å²) in [5.74, 6) is -1.15. The zero-order valence-corrected chi connectivity index (χ0v) is 21.9. The maximum absolute atomic E-state index is 14.1. The Morgan fingerprint density at radius 2 is 1.78 bits per heavy atom. The van der Waals surface area contributed by atoms with Gasteiger partial charge in [-0.15, -0.1) is 0 Å². The first-order valence-corrected chi connectivity index (χ1v) is 14.1. The Labute approximate surface area is 220 Å². The number of sulfonamides is 1. The van der Waals surface area contributed by atoms with Crippen LogP contribution in [0, 0.1) is 5.92 Å². The number of pyridine rings is 1. The number of nitrogens with zero attached hydrogens (tertiary/aromatic N) is 2. The Balaban J connectivity index is 1.72. The number of hydrogen-bond donors (Lipinski definition) is 2. The van der Waals surface area contributed by atoms with Gasteiger partial charge in [0.15, 0.2) is 0 Å². The number of carboxylic acids is 1. The van der Waals surface area contributed by atoms with Gasteiger partial charge in [-0.2, -0.15) is 4.31 Å². The van der Waals surface area contributed by atoms with Gasteiger partial charge in [-0.1, -0.05) is 49.1 Å². The molecule has 1 atom stereocenters. The first-order chi connectivity index (χ1) is 17.7. The normalized spacial score (nSPS) is 20.3. The molecule has 37 heavy (non-hydrogen) atoms. The van der Waals surface area contributed by atoms with E-state index in [0.29, 0.717) is 23.4 Å². The molecule has 1 aromatic heterocycles. The van der Waals surface area contributed by atoms with Crippen LogP contribution in [0.1, 0.15) is 42.5 Å². The van der Waals surface area contributed by atoms with Crippen molar-refractivity contribution in [3.05, 3.63) is 75.7 Å². The van der Waals surface area contributed by atoms with Crippen molar-refractivity contribution < 1.29 is 18.3 Å². The molecular formula is C27H28ClN3O5S. The number of hydrogen-bond acceptors (Lipinski definition) is 5. The van der Waals surface area contributed by atoms with Gasteiger partial charge in [0.25, 0.3) is 5.56 Å². The summed E-state index contributed by atoms with van der Waals surface area (Å²) in [5, 5.41) is 9.65. The minimum absolute atomic E-state index is 0.0830. The van der Waals surface area contributed by atoms with Crippen molar-refractivity contribution in [2.24, 2.45) is 5.92 Å². The molecule has 0 saturated heterocycles. The van der Waals surface area contributed by atoms with Crippen molar-refractivity contribution in [1.82, 2.24) is 9.29 Å². The average molecular weight is 542 g/mol. The highest BCUT2D eigenvalue weighted by atomic mass is 35.5. The van der Waals surface area contributed by atoms with Crippen molar-refractivity contribution in [2.75, 3.05) is 18.5 Å². The van der Waals surface area contributed by atoms with Gasteiger partial charge in [0, 0.05) is 42.6 Å². The van der Waals surface area contributed by atoms with Crippen molar-refractivity contribution in [3.63, 3.8) is 0 Å². The van der Waals surface area contributed by atoms with Crippen molar-refractivity contribution in [1.29, 1.82) is 0 Å². The summed E-state index contributed by atoms with van der Waals surface area (Å²) < 4.78 is 29.7. The van der Waals surface area contributed by atoms with Crippen LogP contribution in [0.4, 0.5) is 11.4 Å². The molecular weight excluding hydrogens is 514 g/mol. The van der Waals surface area contributed by atoms with Crippen LogP contribution in [0.5, 0.6) is 0 Å². The predicted octanol–water partition coefficient (Wildman–Crippen LogP) is 5.11. The molecule has 2 N–H and O–H groups in total. The second-order valence-electron chi connectivity index (χ2n) is 9.67. The van der Waals surface area contributed by atoms with Gasteiger partial charge >= 0.3 is 5.97 Å². The van der Waals surface area contributed by atoms with E-state index in [0.717, 1.165) is 31.4 Å². The van der Waals surface area contributed by atoms with Crippen LogP contribution in [0.25, 0.3) is 11.1 Å². The number of rotatable bonds is 4. The van der Waals surface area contributed by atoms with Gasteiger partial charge in [-0.3, -0.25) is 4.79 Å². The van der Waals surface area contributed by atoms with Crippen LogP contribution in [-0.2, 0) is 10.0 Å². The molecule has 3 aromatic rings. The molecule has 8 nitrogen and oxygen atoms in total. The smallest absolute Gasteiger partial charge is 0.341 e. The van der Waals surface area contributed by atoms with Crippen LogP contribution in [0.2, 0.25) is 5.02 Å². The molecule has 1 aliphatic carbocycles. The number of aromatic amines is 1. The molecule has 0 unspecified atom stereocenters. The Bertz CT molecular complexity index is 1500. The molecule has 2 aromatic carbocycles. The zero-order valence-electron chi connectivity index (χ0n) is 20.4. The number of aromatic nitrogens is 1. The number of halogens is 1. The molecule has 194 valence electrons. The molecule has 0 bridgehead atoms. The molecule has 10 heteroatoms. The maximum Gasteiger partial charge on any atom is 0.341 e. The second-order valence-corrected chi connectivity index (χ2v) is 12.0. The van der Waals surface area contributed by atoms with Crippen LogP contribution in [0.3, 0.4) is 0 Å².